The Morgan fingerprint density at radius 1 is 1.48 bits per heavy atom. The molecule has 7 nitrogen and oxygen atoms in total. The zero-order valence-electron chi connectivity index (χ0n) is 14.2. The lowest BCUT2D eigenvalue weighted by Crippen LogP contribution is -2.45. The third kappa shape index (κ3) is 4.01. The standard InChI is InChI=1S/C17H22FN5O2/c1-12-19-20-21-23(12)16(9-13-4-2-6-15(18)8-13)17(25)22-7-3-5-14(10-22)11-24/h2,4,6,8,14,16,24H,3,5,7,9-11H2,1H3. The Labute approximate surface area is 145 Å². The topological polar surface area (TPSA) is 84.1 Å². The fourth-order valence-electron chi connectivity index (χ4n) is 3.32. The van der Waals surface area contributed by atoms with Crippen molar-refractivity contribution >= 4 is 5.91 Å². The van der Waals surface area contributed by atoms with Crippen molar-refractivity contribution in [3.63, 3.8) is 0 Å². The number of tetrazole rings is 1. The number of nitrogens with zero attached hydrogens (tertiary/aromatic N) is 5. The van der Waals surface area contributed by atoms with Gasteiger partial charge in [-0.25, -0.2) is 9.07 Å². The summed E-state index contributed by atoms with van der Waals surface area (Å²) in [6.45, 7) is 2.98. The van der Waals surface area contributed by atoms with E-state index in [4.69, 9.17) is 0 Å². The number of amides is 1. The minimum absolute atomic E-state index is 0.0717. The van der Waals surface area contributed by atoms with Crippen molar-refractivity contribution in [3.8, 4) is 0 Å². The molecule has 1 amide bonds. The zero-order chi connectivity index (χ0) is 17.8. The first-order valence-corrected chi connectivity index (χ1v) is 8.47. The summed E-state index contributed by atoms with van der Waals surface area (Å²) in [5.74, 6) is 0.196. The minimum Gasteiger partial charge on any atom is -0.396 e. The van der Waals surface area contributed by atoms with Gasteiger partial charge in [-0.05, 0) is 53.8 Å². The van der Waals surface area contributed by atoms with Crippen LogP contribution in [0.5, 0.6) is 0 Å². The Balaban J connectivity index is 1.86. The first kappa shape index (κ1) is 17.5. The van der Waals surface area contributed by atoms with Crippen LogP contribution in [0, 0.1) is 18.7 Å². The van der Waals surface area contributed by atoms with Gasteiger partial charge in [-0.3, -0.25) is 4.79 Å². The smallest absolute Gasteiger partial charge is 0.247 e. The molecule has 2 heterocycles. The average Bonchev–Trinajstić information content (AvgIpc) is 3.05. The average molecular weight is 347 g/mol. The number of halogens is 1. The molecule has 1 N–H and O–H groups in total. The van der Waals surface area contributed by atoms with Crippen LogP contribution in [0.2, 0.25) is 0 Å². The predicted octanol–water partition coefficient (Wildman–Crippen LogP) is 1.14. The van der Waals surface area contributed by atoms with E-state index in [1.165, 1.54) is 16.8 Å². The van der Waals surface area contributed by atoms with Crippen LogP contribution in [0.1, 0.15) is 30.3 Å². The molecule has 0 bridgehead atoms. The van der Waals surface area contributed by atoms with Crippen LogP contribution in [0.15, 0.2) is 24.3 Å². The van der Waals surface area contributed by atoms with Gasteiger partial charge in [-0.1, -0.05) is 12.1 Å². The zero-order valence-corrected chi connectivity index (χ0v) is 14.2. The fourth-order valence-corrected chi connectivity index (χ4v) is 3.32. The maximum absolute atomic E-state index is 13.5. The van der Waals surface area contributed by atoms with Crippen molar-refractivity contribution in [2.45, 2.75) is 32.2 Å². The van der Waals surface area contributed by atoms with Crippen molar-refractivity contribution in [2.75, 3.05) is 19.7 Å². The highest BCUT2D eigenvalue weighted by atomic mass is 19.1. The first-order chi connectivity index (χ1) is 12.1. The van der Waals surface area contributed by atoms with Crippen molar-refractivity contribution in [2.24, 2.45) is 5.92 Å². The van der Waals surface area contributed by atoms with Crippen molar-refractivity contribution < 1.29 is 14.3 Å². The van der Waals surface area contributed by atoms with Gasteiger partial charge < -0.3 is 10.0 Å². The van der Waals surface area contributed by atoms with E-state index in [-0.39, 0.29) is 24.2 Å². The molecule has 1 aromatic carbocycles. The summed E-state index contributed by atoms with van der Waals surface area (Å²) in [6.07, 6.45) is 2.08. The van der Waals surface area contributed by atoms with Crippen LogP contribution in [0.4, 0.5) is 4.39 Å². The number of hydrogen-bond donors (Lipinski definition) is 1. The molecule has 1 aliphatic rings. The van der Waals surface area contributed by atoms with Crippen molar-refractivity contribution in [1.29, 1.82) is 0 Å². The monoisotopic (exact) mass is 347 g/mol. The molecule has 2 atom stereocenters. The van der Waals surface area contributed by atoms with Crippen LogP contribution in [0.3, 0.4) is 0 Å². The number of carbonyl (C=O) groups is 1. The number of piperidine rings is 1. The molecule has 0 aliphatic carbocycles. The van der Waals surface area contributed by atoms with Crippen LogP contribution < -0.4 is 0 Å². The van der Waals surface area contributed by atoms with E-state index in [2.05, 4.69) is 15.5 Å². The molecular weight excluding hydrogens is 325 g/mol. The molecular formula is C17H22FN5O2. The van der Waals surface area contributed by atoms with Crippen molar-refractivity contribution in [1.82, 2.24) is 25.1 Å². The first-order valence-electron chi connectivity index (χ1n) is 8.47. The van der Waals surface area contributed by atoms with E-state index < -0.39 is 6.04 Å². The molecule has 134 valence electrons. The Kier molecular flexibility index (Phi) is 5.37. The van der Waals surface area contributed by atoms with Crippen LogP contribution in [-0.2, 0) is 11.2 Å². The third-order valence-electron chi connectivity index (χ3n) is 4.64. The Bertz CT molecular complexity index is 735. The number of likely N-dealkylation sites (tertiary alicyclic amines) is 1. The molecule has 1 aliphatic heterocycles. The fraction of sp³-hybridized carbons (Fsp3) is 0.529. The van der Waals surface area contributed by atoms with E-state index in [1.807, 2.05) is 0 Å². The Morgan fingerprint density at radius 3 is 3.00 bits per heavy atom. The number of carbonyl (C=O) groups excluding carboxylic acids is 1. The van der Waals surface area contributed by atoms with E-state index in [0.717, 1.165) is 12.8 Å². The van der Waals surface area contributed by atoms with Crippen LogP contribution in [-0.4, -0.2) is 55.8 Å². The maximum Gasteiger partial charge on any atom is 0.247 e. The summed E-state index contributed by atoms with van der Waals surface area (Å²) in [5.41, 5.74) is 0.712. The van der Waals surface area contributed by atoms with Gasteiger partial charge in [0.1, 0.15) is 17.7 Å². The Morgan fingerprint density at radius 2 is 2.32 bits per heavy atom. The van der Waals surface area contributed by atoms with Gasteiger partial charge in [0.15, 0.2) is 0 Å². The molecule has 1 fully saturated rings. The lowest BCUT2D eigenvalue weighted by atomic mass is 9.97. The molecule has 0 spiro atoms. The Hall–Kier alpha value is -2.35. The maximum atomic E-state index is 13.5. The van der Waals surface area contributed by atoms with Gasteiger partial charge >= 0.3 is 0 Å². The quantitative estimate of drug-likeness (QED) is 0.877. The SMILES string of the molecule is Cc1nnnn1C(Cc1cccc(F)c1)C(=O)N1CCCC(CO)C1. The lowest BCUT2D eigenvalue weighted by Gasteiger charge is -2.34. The molecule has 0 radical (unpaired) electrons. The van der Waals surface area contributed by atoms with Gasteiger partial charge in [0, 0.05) is 26.1 Å². The second kappa shape index (κ2) is 7.69. The van der Waals surface area contributed by atoms with E-state index in [1.54, 1.807) is 24.0 Å². The summed E-state index contributed by atoms with van der Waals surface area (Å²) in [7, 11) is 0. The number of benzene rings is 1. The van der Waals surface area contributed by atoms with Crippen molar-refractivity contribution in [3.05, 3.63) is 41.5 Å². The highest BCUT2D eigenvalue weighted by Crippen LogP contribution is 2.23. The predicted molar refractivity (Wildman–Crippen MR) is 88.1 cm³/mol. The normalized spacial score (nSPS) is 19.0. The summed E-state index contributed by atoms with van der Waals surface area (Å²) in [5, 5.41) is 20.9. The highest BCUT2D eigenvalue weighted by molar-refractivity contribution is 5.81. The van der Waals surface area contributed by atoms with Gasteiger partial charge in [-0.15, -0.1) is 5.10 Å². The van der Waals surface area contributed by atoms with Crippen LogP contribution >= 0.6 is 0 Å². The lowest BCUT2D eigenvalue weighted by molar-refractivity contribution is -0.137. The number of hydrogen-bond acceptors (Lipinski definition) is 5. The summed E-state index contributed by atoms with van der Waals surface area (Å²) in [6, 6.07) is 5.58. The summed E-state index contributed by atoms with van der Waals surface area (Å²) >= 11 is 0. The molecule has 1 saturated heterocycles. The van der Waals surface area contributed by atoms with Gasteiger partial charge in [0.05, 0.1) is 0 Å². The number of aliphatic hydroxyl groups excluding tert-OH is 1. The molecule has 1 aromatic heterocycles. The second-order valence-electron chi connectivity index (χ2n) is 6.50. The largest absolute Gasteiger partial charge is 0.396 e. The summed E-state index contributed by atoms with van der Waals surface area (Å²) < 4.78 is 15.0. The van der Waals surface area contributed by atoms with Gasteiger partial charge in [0.25, 0.3) is 0 Å². The molecule has 0 saturated carbocycles. The third-order valence-corrected chi connectivity index (χ3v) is 4.64. The van der Waals surface area contributed by atoms with E-state index in [9.17, 15) is 14.3 Å². The molecule has 3 rings (SSSR count). The van der Waals surface area contributed by atoms with E-state index >= 15 is 0 Å². The molecule has 2 unspecified atom stereocenters. The second-order valence-corrected chi connectivity index (χ2v) is 6.50. The molecule has 8 heteroatoms. The van der Waals surface area contributed by atoms with Gasteiger partial charge in [-0.2, -0.15) is 0 Å². The minimum atomic E-state index is -0.630. The number of aromatic nitrogens is 4. The molecule has 25 heavy (non-hydrogen) atoms. The van der Waals surface area contributed by atoms with Crippen LogP contribution in [0.25, 0.3) is 0 Å². The van der Waals surface area contributed by atoms with Gasteiger partial charge in [0.2, 0.25) is 5.91 Å². The molecule has 2 aromatic rings. The number of rotatable bonds is 5. The number of aliphatic hydroxyl groups is 1. The number of aryl methyl sites for hydroxylation is 1. The highest BCUT2D eigenvalue weighted by Gasteiger charge is 2.31. The summed E-state index contributed by atoms with van der Waals surface area (Å²) in [4.78, 5) is 14.9. The van der Waals surface area contributed by atoms with E-state index in [0.29, 0.717) is 30.9 Å².